The molecule has 1 heterocycles. The van der Waals surface area contributed by atoms with Gasteiger partial charge in [0, 0.05) is 0 Å². The predicted octanol–water partition coefficient (Wildman–Crippen LogP) is 6.11. The lowest BCUT2D eigenvalue weighted by Gasteiger charge is -2.43. The van der Waals surface area contributed by atoms with Gasteiger partial charge in [0.15, 0.2) is 6.10 Å². The molecule has 0 bridgehead atoms. The molecule has 44 heavy (non-hydrogen) atoms. The van der Waals surface area contributed by atoms with E-state index in [2.05, 4.69) is 0 Å². The monoisotopic (exact) mass is 710 g/mol. The molecular formula is C34H31IO9. The zero-order valence-electron chi connectivity index (χ0n) is 23.6. The summed E-state index contributed by atoms with van der Waals surface area (Å²) < 4.78 is 35.2. The maximum absolute atomic E-state index is 13.3. The maximum Gasteiger partial charge on any atom is 0.372 e. The smallest absolute Gasteiger partial charge is 0.372 e. The fourth-order valence-corrected chi connectivity index (χ4v) is 4.91. The van der Waals surface area contributed by atoms with Crippen molar-refractivity contribution in [3.8, 4) is 11.5 Å². The van der Waals surface area contributed by atoms with Crippen LogP contribution in [-0.4, -0.2) is 52.4 Å². The highest BCUT2D eigenvalue weighted by Gasteiger charge is 2.50. The van der Waals surface area contributed by atoms with E-state index in [0.29, 0.717) is 23.7 Å². The Hall–Kier alpha value is -3.81. The summed E-state index contributed by atoms with van der Waals surface area (Å²) in [5.41, 5.74) is 2.15. The SMILES string of the molecule is O=C(I)Oc1ccc(OC2OC(COCc3ccccc3)C(O)C(OCc3ccccc3)C2OC(=O)c2ccccc2)cc1. The van der Waals surface area contributed by atoms with Gasteiger partial charge in [0.2, 0.25) is 6.29 Å². The number of aliphatic hydroxyl groups is 1. The molecule has 228 valence electrons. The van der Waals surface area contributed by atoms with Crippen molar-refractivity contribution in [3.63, 3.8) is 0 Å². The van der Waals surface area contributed by atoms with Gasteiger partial charge in [0.25, 0.3) is 0 Å². The number of aliphatic hydroxyl groups excluding tert-OH is 1. The van der Waals surface area contributed by atoms with Crippen molar-refractivity contribution < 1.29 is 43.1 Å². The summed E-state index contributed by atoms with van der Waals surface area (Å²) in [6.45, 7) is 0.464. The number of benzene rings is 4. The first kappa shape index (κ1) is 31.6. The number of ether oxygens (including phenoxy) is 6. The molecule has 0 spiro atoms. The quantitative estimate of drug-likeness (QED) is 0.106. The fourth-order valence-electron chi connectivity index (χ4n) is 4.65. The van der Waals surface area contributed by atoms with Crippen LogP contribution in [0.15, 0.2) is 115 Å². The Morgan fingerprint density at radius 3 is 1.91 bits per heavy atom. The van der Waals surface area contributed by atoms with E-state index in [9.17, 15) is 14.7 Å². The molecule has 0 aliphatic carbocycles. The molecule has 1 saturated heterocycles. The Labute approximate surface area is 268 Å². The minimum atomic E-state index is -1.23. The largest absolute Gasteiger partial charge is 0.461 e. The predicted molar refractivity (Wildman–Crippen MR) is 169 cm³/mol. The molecule has 5 rings (SSSR count). The van der Waals surface area contributed by atoms with E-state index in [1.807, 2.05) is 60.7 Å². The highest BCUT2D eigenvalue weighted by atomic mass is 127. The Bertz CT molecular complexity index is 1470. The lowest BCUT2D eigenvalue weighted by atomic mass is 9.98. The van der Waals surface area contributed by atoms with Gasteiger partial charge in [-0.15, -0.1) is 0 Å². The van der Waals surface area contributed by atoms with Crippen molar-refractivity contribution in [2.24, 2.45) is 0 Å². The number of rotatable bonds is 12. The van der Waals surface area contributed by atoms with Crippen molar-refractivity contribution in [1.29, 1.82) is 0 Å². The second kappa shape index (κ2) is 15.8. The van der Waals surface area contributed by atoms with E-state index >= 15 is 0 Å². The normalized spacial score (nSPS) is 21.3. The topological polar surface area (TPSA) is 110 Å². The van der Waals surface area contributed by atoms with E-state index in [4.69, 9.17) is 28.4 Å². The van der Waals surface area contributed by atoms with E-state index in [-0.39, 0.29) is 13.2 Å². The van der Waals surface area contributed by atoms with Gasteiger partial charge in [0.05, 0.1) is 48.0 Å². The van der Waals surface area contributed by atoms with Crippen molar-refractivity contribution in [2.45, 2.75) is 43.9 Å². The van der Waals surface area contributed by atoms with Gasteiger partial charge in [-0.1, -0.05) is 78.9 Å². The second-order valence-corrected chi connectivity index (χ2v) is 10.8. The summed E-state index contributed by atoms with van der Waals surface area (Å²) in [5, 5.41) is 11.5. The first-order valence-electron chi connectivity index (χ1n) is 14.0. The Morgan fingerprint density at radius 1 is 0.727 bits per heavy atom. The van der Waals surface area contributed by atoms with Gasteiger partial charge >= 0.3 is 9.95 Å². The second-order valence-electron chi connectivity index (χ2n) is 9.96. The summed E-state index contributed by atoms with van der Waals surface area (Å²) in [5.74, 6) is 0.0580. The lowest BCUT2D eigenvalue weighted by Crippen LogP contribution is -2.62. The van der Waals surface area contributed by atoms with Gasteiger partial charge in [-0.3, -0.25) is 0 Å². The molecular weight excluding hydrogens is 679 g/mol. The Morgan fingerprint density at radius 2 is 1.30 bits per heavy atom. The molecule has 9 nitrogen and oxygen atoms in total. The van der Waals surface area contributed by atoms with Crippen LogP contribution in [0.3, 0.4) is 0 Å². The number of hydrogen-bond acceptors (Lipinski definition) is 9. The Balaban J connectivity index is 1.40. The molecule has 10 heteroatoms. The van der Waals surface area contributed by atoms with E-state index in [0.717, 1.165) is 11.1 Å². The lowest BCUT2D eigenvalue weighted by molar-refractivity contribution is -0.289. The molecule has 0 radical (unpaired) electrons. The van der Waals surface area contributed by atoms with Gasteiger partial charge in [-0.05, 0) is 47.5 Å². The van der Waals surface area contributed by atoms with Crippen LogP contribution in [0.25, 0.3) is 0 Å². The van der Waals surface area contributed by atoms with Gasteiger partial charge in [0.1, 0.15) is 29.8 Å². The van der Waals surface area contributed by atoms with Crippen LogP contribution in [-0.2, 0) is 32.2 Å². The van der Waals surface area contributed by atoms with Crippen LogP contribution >= 0.6 is 22.6 Å². The number of halogens is 1. The molecule has 1 aliphatic rings. The van der Waals surface area contributed by atoms with Crippen molar-refractivity contribution in [1.82, 2.24) is 0 Å². The summed E-state index contributed by atoms with van der Waals surface area (Å²) in [7, 11) is 0. The first-order valence-corrected chi connectivity index (χ1v) is 15.0. The van der Waals surface area contributed by atoms with Crippen LogP contribution in [0.5, 0.6) is 11.5 Å². The molecule has 0 aromatic heterocycles. The molecule has 0 saturated carbocycles. The third kappa shape index (κ3) is 8.87. The van der Waals surface area contributed by atoms with Crippen LogP contribution in [0.4, 0.5) is 4.79 Å². The summed E-state index contributed by atoms with van der Waals surface area (Å²) in [6.07, 6.45) is -5.50. The van der Waals surface area contributed by atoms with Crippen molar-refractivity contribution in [2.75, 3.05) is 6.61 Å². The zero-order valence-corrected chi connectivity index (χ0v) is 25.7. The van der Waals surface area contributed by atoms with Crippen molar-refractivity contribution >= 4 is 32.5 Å². The average molecular weight is 711 g/mol. The molecule has 1 fully saturated rings. The summed E-state index contributed by atoms with van der Waals surface area (Å²) in [4.78, 5) is 24.6. The number of hydrogen-bond donors (Lipinski definition) is 1. The first-order chi connectivity index (χ1) is 21.5. The van der Waals surface area contributed by atoms with E-state index in [1.165, 1.54) is 22.6 Å². The molecule has 5 atom stereocenters. The summed E-state index contributed by atoms with van der Waals surface area (Å²) in [6, 6.07) is 33.9. The average Bonchev–Trinajstić information content (AvgIpc) is 3.04. The molecule has 1 N–H and O–H groups in total. The van der Waals surface area contributed by atoms with Crippen LogP contribution in [0.1, 0.15) is 21.5 Å². The highest BCUT2D eigenvalue weighted by molar-refractivity contribution is 14.1. The fraction of sp³-hybridized carbons (Fsp3) is 0.235. The maximum atomic E-state index is 13.3. The minimum absolute atomic E-state index is 0.0189. The van der Waals surface area contributed by atoms with Crippen LogP contribution in [0, 0.1) is 0 Å². The summed E-state index contributed by atoms with van der Waals surface area (Å²) >= 11 is 1.54. The minimum Gasteiger partial charge on any atom is -0.461 e. The number of carbonyl (C=O) groups excluding carboxylic acids is 2. The van der Waals surface area contributed by atoms with Crippen molar-refractivity contribution in [3.05, 3.63) is 132 Å². The standard InChI is InChI=1S/C34H31IO9/c35-34(38)42-27-18-16-26(17-19-27)41-33-31(44-32(37)25-14-8-3-9-15-25)30(40-21-24-12-6-2-7-13-24)29(36)28(43-33)22-39-20-23-10-4-1-5-11-23/h1-19,28-31,33,36H,20-22H2. The molecule has 5 unspecified atom stereocenters. The third-order valence-corrected chi connectivity index (χ3v) is 7.04. The third-order valence-electron chi connectivity index (χ3n) is 6.82. The molecule has 4 aromatic carbocycles. The van der Waals surface area contributed by atoms with Gasteiger partial charge in [-0.25, -0.2) is 9.59 Å². The Kier molecular flexibility index (Phi) is 11.3. The van der Waals surface area contributed by atoms with Gasteiger partial charge in [-0.2, -0.15) is 0 Å². The zero-order chi connectivity index (χ0) is 30.7. The molecule has 0 amide bonds. The van der Waals surface area contributed by atoms with E-state index in [1.54, 1.807) is 54.6 Å². The van der Waals surface area contributed by atoms with Gasteiger partial charge < -0.3 is 33.5 Å². The van der Waals surface area contributed by atoms with Crippen LogP contribution < -0.4 is 9.47 Å². The molecule has 1 aliphatic heterocycles. The highest BCUT2D eigenvalue weighted by Crippen LogP contribution is 2.31. The number of esters is 1. The van der Waals surface area contributed by atoms with E-state index < -0.39 is 40.7 Å². The van der Waals surface area contributed by atoms with Crippen LogP contribution in [0.2, 0.25) is 0 Å². The number of carbonyl (C=O) groups is 2. The molecule has 4 aromatic rings.